The lowest BCUT2D eigenvalue weighted by Crippen LogP contribution is -2.34. The van der Waals surface area contributed by atoms with Crippen LogP contribution in [0.5, 0.6) is 5.75 Å². The predicted molar refractivity (Wildman–Crippen MR) is 85.4 cm³/mol. The number of pyridine rings is 1. The van der Waals surface area contributed by atoms with Gasteiger partial charge in [-0.2, -0.15) is 5.26 Å². The first kappa shape index (κ1) is 16.3. The van der Waals surface area contributed by atoms with Gasteiger partial charge in [0.1, 0.15) is 17.4 Å². The number of aromatic nitrogens is 1. The number of rotatable bonds is 2. The minimum absolute atomic E-state index is 0.103. The van der Waals surface area contributed by atoms with Crippen molar-refractivity contribution in [2.75, 3.05) is 4.90 Å². The topological polar surface area (TPSA) is 86.4 Å². The van der Waals surface area contributed by atoms with E-state index >= 15 is 0 Å². The van der Waals surface area contributed by atoms with Crippen LogP contribution in [0.15, 0.2) is 42.6 Å². The van der Waals surface area contributed by atoms with Crippen LogP contribution in [0, 0.1) is 11.3 Å². The van der Waals surface area contributed by atoms with Crippen LogP contribution in [0.2, 0.25) is 0 Å². The summed E-state index contributed by atoms with van der Waals surface area (Å²) in [6.07, 6.45) is 0.738. The van der Waals surface area contributed by atoms with E-state index in [1.807, 2.05) is 6.07 Å². The number of hydrogen-bond donors (Lipinski definition) is 1. The van der Waals surface area contributed by atoms with Crippen LogP contribution in [0.4, 0.5) is 16.3 Å². The number of hydrogen-bond acceptors (Lipinski definition) is 5. The molecule has 0 radical (unpaired) electrons. The van der Waals surface area contributed by atoms with Gasteiger partial charge in [-0.3, -0.25) is 0 Å². The van der Waals surface area contributed by atoms with Crippen molar-refractivity contribution in [2.45, 2.75) is 26.4 Å². The van der Waals surface area contributed by atoms with Crippen LogP contribution in [-0.4, -0.2) is 21.8 Å². The SMILES string of the molecule is CC(C)(C)OC(=O)N(c1ccccc1O)c1ncccc1C#N. The average molecular weight is 311 g/mol. The summed E-state index contributed by atoms with van der Waals surface area (Å²) in [4.78, 5) is 17.8. The molecule has 1 aromatic carbocycles. The Morgan fingerprint density at radius 1 is 1.26 bits per heavy atom. The van der Waals surface area contributed by atoms with Gasteiger partial charge in [0, 0.05) is 6.20 Å². The van der Waals surface area contributed by atoms with Crippen LogP contribution in [0.3, 0.4) is 0 Å². The van der Waals surface area contributed by atoms with Crippen LogP contribution < -0.4 is 4.90 Å². The van der Waals surface area contributed by atoms with Crippen molar-refractivity contribution in [2.24, 2.45) is 0 Å². The van der Waals surface area contributed by atoms with Gasteiger partial charge in [-0.1, -0.05) is 12.1 Å². The highest BCUT2D eigenvalue weighted by atomic mass is 16.6. The fourth-order valence-electron chi connectivity index (χ4n) is 1.92. The molecule has 0 spiro atoms. The number of aromatic hydroxyl groups is 1. The highest BCUT2D eigenvalue weighted by Crippen LogP contribution is 2.34. The summed E-state index contributed by atoms with van der Waals surface area (Å²) >= 11 is 0. The van der Waals surface area contributed by atoms with Crippen LogP contribution >= 0.6 is 0 Å². The molecule has 0 aliphatic carbocycles. The van der Waals surface area contributed by atoms with Gasteiger partial charge in [0.15, 0.2) is 5.82 Å². The quantitative estimate of drug-likeness (QED) is 0.913. The summed E-state index contributed by atoms with van der Waals surface area (Å²) in [5.74, 6) is -0.0151. The molecule has 0 unspecified atom stereocenters. The van der Waals surface area contributed by atoms with E-state index in [0.717, 1.165) is 4.90 Å². The van der Waals surface area contributed by atoms with E-state index in [0.29, 0.717) is 0 Å². The van der Waals surface area contributed by atoms with Gasteiger partial charge in [0.25, 0.3) is 0 Å². The van der Waals surface area contributed by atoms with Gasteiger partial charge in [0.2, 0.25) is 0 Å². The van der Waals surface area contributed by atoms with E-state index in [1.54, 1.807) is 51.1 Å². The molecule has 2 rings (SSSR count). The lowest BCUT2D eigenvalue weighted by molar-refractivity contribution is 0.0597. The molecule has 0 aliphatic heterocycles. The highest BCUT2D eigenvalue weighted by molar-refractivity contribution is 5.97. The first-order chi connectivity index (χ1) is 10.8. The third-order valence-electron chi connectivity index (χ3n) is 2.82. The van der Waals surface area contributed by atoms with Crippen molar-refractivity contribution in [3.63, 3.8) is 0 Å². The molecule has 23 heavy (non-hydrogen) atoms. The number of amides is 1. The van der Waals surface area contributed by atoms with Gasteiger partial charge < -0.3 is 9.84 Å². The summed E-state index contributed by atoms with van der Waals surface area (Å²) in [6.45, 7) is 5.20. The molecule has 0 bridgehead atoms. The summed E-state index contributed by atoms with van der Waals surface area (Å²) in [7, 11) is 0. The Labute approximate surface area is 134 Å². The van der Waals surface area contributed by atoms with E-state index in [1.165, 1.54) is 12.3 Å². The fraction of sp³-hybridized carbons (Fsp3) is 0.235. The van der Waals surface area contributed by atoms with E-state index in [2.05, 4.69) is 4.98 Å². The molecule has 6 heteroatoms. The molecule has 0 aliphatic rings. The maximum atomic E-state index is 12.6. The number of phenolic OH excluding ortho intramolecular Hbond substituents is 1. The fourth-order valence-corrected chi connectivity index (χ4v) is 1.92. The number of para-hydroxylation sites is 2. The second-order valence-electron chi connectivity index (χ2n) is 5.79. The molecule has 0 fully saturated rings. The van der Waals surface area contributed by atoms with Crippen molar-refractivity contribution < 1.29 is 14.6 Å². The van der Waals surface area contributed by atoms with E-state index < -0.39 is 11.7 Å². The number of anilines is 2. The minimum atomic E-state index is -0.735. The zero-order valence-corrected chi connectivity index (χ0v) is 13.1. The Hall–Kier alpha value is -3.07. The number of carbonyl (C=O) groups excluding carboxylic acids is 1. The van der Waals surface area contributed by atoms with Crippen LogP contribution in [-0.2, 0) is 4.74 Å². The second kappa shape index (κ2) is 6.36. The first-order valence-corrected chi connectivity index (χ1v) is 6.99. The summed E-state index contributed by atoms with van der Waals surface area (Å²) in [5.41, 5.74) is -0.347. The Morgan fingerprint density at radius 2 is 1.96 bits per heavy atom. The monoisotopic (exact) mass is 311 g/mol. The van der Waals surface area contributed by atoms with Gasteiger partial charge in [0.05, 0.1) is 11.3 Å². The molecule has 1 amide bonds. The molecule has 1 N–H and O–H groups in total. The molecule has 0 atom stereocenters. The largest absolute Gasteiger partial charge is 0.506 e. The minimum Gasteiger partial charge on any atom is -0.506 e. The number of carbonyl (C=O) groups is 1. The molecule has 118 valence electrons. The van der Waals surface area contributed by atoms with Crippen molar-refractivity contribution in [3.05, 3.63) is 48.2 Å². The van der Waals surface area contributed by atoms with Gasteiger partial charge in [-0.05, 0) is 45.0 Å². The van der Waals surface area contributed by atoms with Crippen molar-refractivity contribution >= 4 is 17.6 Å². The highest BCUT2D eigenvalue weighted by Gasteiger charge is 2.29. The number of phenols is 1. The number of nitriles is 1. The Morgan fingerprint density at radius 3 is 2.57 bits per heavy atom. The maximum Gasteiger partial charge on any atom is 0.420 e. The number of ether oxygens (including phenoxy) is 1. The lowest BCUT2D eigenvalue weighted by atomic mass is 10.2. The van der Waals surface area contributed by atoms with Crippen molar-refractivity contribution in [3.8, 4) is 11.8 Å². The summed E-state index contributed by atoms with van der Waals surface area (Å²) in [6, 6.07) is 11.4. The Balaban J connectivity index is 2.59. The smallest absolute Gasteiger partial charge is 0.420 e. The van der Waals surface area contributed by atoms with Crippen molar-refractivity contribution in [1.82, 2.24) is 4.98 Å². The van der Waals surface area contributed by atoms with Gasteiger partial charge in [-0.25, -0.2) is 14.7 Å². The zero-order chi connectivity index (χ0) is 17.0. The van der Waals surface area contributed by atoms with Crippen molar-refractivity contribution in [1.29, 1.82) is 5.26 Å². The third kappa shape index (κ3) is 3.77. The summed E-state index contributed by atoms with van der Waals surface area (Å²) in [5, 5.41) is 19.4. The average Bonchev–Trinajstić information content (AvgIpc) is 2.48. The normalized spacial score (nSPS) is 10.7. The van der Waals surface area contributed by atoms with E-state index in [9.17, 15) is 15.2 Å². The maximum absolute atomic E-state index is 12.6. The third-order valence-corrected chi connectivity index (χ3v) is 2.82. The van der Waals surface area contributed by atoms with Crippen LogP contribution in [0.1, 0.15) is 26.3 Å². The molecule has 6 nitrogen and oxygen atoms in total. The molecule has 0 saturated carbocycles. The predicted octanol–water partition coefficient (Wildman–Crippen LogP) is 3.73. The molecule has 0 saturated heterocycles. The Bertz CT molecular complexity index is 760. The summed E-state index contributed by atoms with van der Waals surface area (Å²) < 4.78 is 5.39. The molecule has 1 aromatic heterocycles. The Kier molecular flexibility index (Phi) is 4.51. The standard InChI is InChI=1S/C17H17N3O3/c1-17(2,3)23-16(22)20(13-8-4-5-9-14(13)21)15-12(11-18)7-6-10-19-15/h4-10,21H,1-3H3. The molecule has 2 aromatic rings. The van der Waals surface area contributed by atoms with Gasteiger partial charge in [-0.15, -0.1) is 0 Å². The van der Waals surface area contributed by atoms with Crippen LogP contribution in [0.25, 0.3) is 0 Å². The lowest BCUT2D eigenvalue weighted by Gasteiger charge is -2.27. The first-order valence-electron chi connectivity index (χ1n) is 6.99. The number of benzene rings is 1. The van der Waals surface area contributed by atoms with E-state index in [4.69, 9.17) is 4.74 Å². The van der Waals surface area contributed by atoms with E-state index in [-0.39, 0.29) is 22.8 Å². The number of nitrogens with zero attached hydrogens (tertiary/aromatic N) is 3. The second-order valence-corrected chi connectivity index (χ2v) is 5.79. The van der Waals surface area contributed by atoms with Gasteiger partial charge >= 0.3 is 6.09 Å². The molecule has 1 heterocycles. The molecular formula is C17H17N3O3. The zero-order valence-electron chi connectivity index (χ0n) is 13.1. The molecular weight excluding hydrogens is 294 g/mol.